The molecule has 1 rings (SSSR count). The van der Waals surface area contributed by atoms with E-state index >= 15 is 0 Å². The number of nitrogens with one attached hydrogen (secondary N) is 1. The Morgan fingerprint density at radius 1 is 1.24 bits per heavy atom. The number of nitrogens with zero attached hydrogens (tertiary/aromatic N) is 2. The molecule has 0 aliphatic rings. The molecule has 0 aliphatic heterocycles. The lowest BCUT2D eigenvalue weighted by Gasteiger charge is -2.37. The third-order valence-corrected chi connectivity index (χ3v) is 4.19. The monoisotopic (exact) mass is 287 g/mol. The summed E-state index contributed by atoms with van der Waals surface area (Å²) in [6.45, 7) is 11.3. The maximum atomic E-state index is 9.92. The number of hydrogen-bond donors (Lipinski definition) is 1. The predicted octanol–water partition coefficient (Wildman–Crippen LogP) is 3.53. The third kappa shape index (κ3) is 4.56. The quantitative estimate of drug-likeness (QED) is 0.755. The predicted molar refractivity (Wildman–Crippen MR) is 89.0 cm³/mol. The molecular formula is C18H29N3. The molecule has 0 heterocycles. The molecule has 2 atom stereocenters. The Morgan fingerprint density at radius 3 is 2.38 bits per heavy atom. The first-order chi connectivity index (χ1) is 10.1. The van der Waals surface area contributed by atoms with E-state index in [4.69, 9.17) is 0 Å². The van der Waals surface area contributed by atoms with Crippen LogP contribution in [0.1, 0.15) is 46.1 Å². The van der Waals surface area contributed by atoms with Crippen LogP contribution in [0.15, 0.2) is 30.3 Å². The fraction of sp³-hybridized carbons (Fsp3) is 0.611. The molecule has 0 spiro atoms. The van der Waals surface area contributed by atoms with Crippen molar-refractivity contribution in [2.45, 2.75) is 52.1 Å². The van der Waals surface area contributed by atoms with Crippen molar-refractivity contribution in [2.24, 2.45) is 0 Å². The van der Waals surface area contributed by atoms with Crippen molar-refractivity contribution in [1.82, 2.24) is 10.2 Å². The molecule has 116 valence electrons. The second kappa shape index (κ2) is 8.81. The smallest absolute Gasteiger partial charge is 0.145 e. The van der Waals surface area contributed by atoms with Gasteiger partial charge in [-0.1, -0.05) is 51.1 Å². The summed E-state index contributed by atoms with van der Waals surface area (Å²) in [5.41, 5.74) is 0.430. The van der Waals surface area contributed by atoms with E-state index in [1.54, 1.807) is 0 Å². The highest BCUT2D eigenvalue weighted by atomic mass is 15.2. The van der Waals surface area contributed by atoms with Gasteiger partial charge in [-0.15, -0.1) is 0 Å². The lowest BCUT2D eigenvalue weighted by atomic mass is 9.89. The molecule has 2 unspecified atom stereocenters. The average Bonchev–Trinajstić information content (AvgIpc) is 2.56. The molecule has 0 saturated heterocycles. The van der Waals surface area contributed by atoms with Gasteiger partial charge in [-0.3, -0.25) is 10.2 Å². The summed E-state index contributed by atoms with van der Waals surface area (Å²) >= 11 is 0. The van der Waals surface area contributed by atoms with Crippen LogP contribution >= 0.6 is 0 Å². The Bertz CT molecular complexity index is 438. The average molecular weight is 287 g/mol. The van der Waals surface area contributed by atoms with Crippen LogP contribution < -0.4 is 5.32 Å². The summed E-state index contributed by atoms with van der Waals surface area (Å²) in [5.74, 6) is 0. The largest absolute Gasteiger partial charge is 0.298 e. The zero-order valence-electron chi connectivity index (χ0n) is 13.9. The number of benzene rings is 1. The van der Waals surface area contributed by atoms with Gasteiger partial charge >= 0.3 is 0 Å². The van der Waals surface area contributed by atoms with Crippen LogP contribution in [0.5, 0.6) is 0 Å². The Kier molecular flexibility index (Phi) is 7.42. The second-order valence-electron chi connectivity index (χ2n) is 5.63. The van der Waals surface area contributed by atoms with E-state index in [-0.39, 0.29) is 0 Å². The molecule has 0 bridgehead atoms. The minimum Gasteiger partial charge on any atom is -0.298 e. The van der Waals surface area contributed by atoms with Gasteiger partial charge in [-0.05, 0) is 38.4 Å². The van der Waals surface area contributed by atoms with Gasteiger partial charge in [-0.2, -0.15) is 5.26 Å². The van der Waals surface area contributed by atoms with Gasteiger partial charge in [0.05, 0.1) is 6.07 Å². The first kappa shape index (κ1) is 17.7. The molecule has 0 radical (unpaired) electrons. The van der Waals surface area contributed by atoms with Gasteiger partial charge in [0.25, 0.3) is 0 Å². The molecular weight excluding hydrogens is 258 g/mol. The normalized spacial score (nSPS) is 15.4. The van der Waals surface area contributed by atoms with Crippen LogP contribution in [0.25, 0.3) is 0 Å². The summed E-state index contributed by atoms with van der Waals surface area (Å²) in [6.07, 6.45) is 2.11. The van der Waals surface area contributed by atoms with Crippen LogP contribution in [0.3, 0.4) is 0 Å². The van der Waals surface area contributed by atoms with Crippen LogP contribution in [0, 0.1) is 11.3 Å². The molecule has 0 aromatic heterocycles. The van der Waals surface area contributed by atoms with E-state index in [9.17, 15) is 5.26 Å². The zero-order valence-corrected chi connectivity index (χ0v) is 13.9. The summed E-state index contributed by atoms with van der Waals surface area (Å²) in [7, 11) is 0. The number of likely N-dealkylation sites (N-methyl/N-ethyl adjacent to an activating group) is 1. The van der Waals surface area contributed by atoms with Crippen molar-refractivity contribution in [2.75, 3.05) is 19.6 Å². The van der Waals surface area contributed by atoms with Crippen LogP contribution in [-0.2, 0) is 5.54 Å². The van der Waals surface area contributed by atoms with Crippen molar-refractivity contribution in [3.63, 3.8) is 0 Å². The Labute approximate surface area is 130 Å². The maximum absolute atomic E-state index is 9.92. The minimum absolute atomic E-state index is 0.481. The van der Waals surface area contributed by atoms with E-state index in [1.807, 2.05) is 18.2 Å². The molecule has 3 nitrogen and oxygen atoms in total. The Morgan fingerprint density at radius 2 is 1.90 bits per heavy atom. The Hall–Kier alpha value is -1.37. The molecule has 0 amide bonds. The summed E-state index contributed by atoms with van der Waals surface area (Å²) in [4.78, 5) is 2.39. The highest BCUT2D eigenvalue weighted by Gasteiger charge is 2.34. The fourth-order valence-electron chi connectivity index (χ4n) is 2.59. The van der Waals surface area contributed by atoms with Gasteiger partial charge in [0, 0.05) is 12.6 Å². The van der Waals surface area contributed by atoms with Crippen molar-refractivity contribution < 1.29 is 0 Å². The highest BCUT2D eigenvalue weighted by molar-refractivity contribution is 5.32. The molecule has 0 saturated carbocycles. The number of nitriles is 1. The summed E-state index contributed by atoms with van der Waals surface area (Å²) in [5, 5.41) is 13.4. The van der Waals surface area contributed by atoms with E-state index in [0.717, 1.165) is 38.0 Å². The van der Waals surface area contributed by atoms with E-state index in [2.05, 4.69) is 56.1 Å². The Balaban J connectivity index is 3.09. The molecule has 0 aliphatic carbocycles. The SMILES string of the molecule is CCCNC(C#N)(CN(CC)C(C)CC)c1ccccc1. The lowest BCUT2D eigenvalue weighted by Crippen LogP contribution is -2.52. The van der Waals surface area contributed by atoms with Crippen LogP contribution in [0.2, 0.25) is 0 Å². The fourth-order valence-corrected chi connectivity index (χ4v) is 2.59. The molecule has 1 aromatic carbocycles. The van der Waals surface area contributed by atoms with Crippen molar-refractivity contribution in [1.29, 1.82) is 5.26 Å². The van der Waals surface area contributed by atoms with Crippen LogP contribution in [0.4, 0.5) is 0 Å². The standard InChI is InChI=1S/C18H29N3/c1-5-13-20-18(14-19,17-11-9-8-10-12-17)15-21(7-3)16(4)6-2/h8-12,16,20H,5-7,13,15H2,1-4H3. The van der Waals surface area contributed by atoms with Crippen molar-refractivity contribution in [3.05, 3.63) is 35.9 Å². The first-order valence-electron chi connectivity index (χ1n) is 8.09. The topological polar surface area (TPSA) is 39.1 Å². The molecule has 3 heteroatoms. The highest BCUT2D eigenvalue weighted by Crippen LogP contribution is 2.23. The summed E-state index contributed by atoms with van der Waals surface area (Å²) in [6, 6.07) is 13.2. The third-order valence-electron chi connectivity index (χ3n) is 4.19. The van der Waals surface area contributed by atoms with Crippen LogP contribution in [-0.4, -0.2) is 30.6 Å². The molecule has 1 aromatic rings. The molecule has 1 N–H and O–H groups in total. The van der Waals surface area contributed by atoms with Gasteiger partial charge in [0.15, 0.2) is 0 Å². The van der Waals surface area contributed by atoms with E-state index in [0.29, 0.717) is 6.04 Å². The van der Waals surface area contributed by atoms with Gasteiger partial charge in [0.2, 0.25) is 0 Å². The zero-order chi connectivity index (χ0) is 15.7. The molecule has 0 fully saturated rings. The second-order valence-corrected chi connectivity index (χ2v) is 5.63. The van der Waals surface area contributed by atoms with Gasteiger partial charge in [0.1, 0.15) is 5.54 Å². The maximum Gasteiger partial charge on any atom is 0.145 e. The van der Waals surface area contributed by atoms with E-state index in [1.165, 1.54) is 0 Å². The summed E-state index contributed by atoms with van der Waals surface area (Å²) < 4.78 is 0. The number of hydrogen-bond acceptors (Lipinski definition) is 3. The first-order valence-corrected chi connectivity index (χ1v) is 8.09. The van der Waals surface area contributed by atoms with Gasteiger partial charge in [-0.25, -0.2) is 0 Å². The van der Waals surface area contributed by atoms with Crippen molar-refractivity contribution >= 4 is 0 Å². The van der Waals surface area contributed by atoms with Crippen molar-refractivity contribution in [3.8, 4) is 6.07 Å². The minimum atomic E-state index is -0.628. The van der Waals surface area contributed by atoms with Gasteiger partial charge < -0.3 is 0 Å². The molecule has 21 heavy (non-hydrogen) atoms. The number of rotatable bonds is 9. The van der Waals surface area contributed by atoms with E-state index < -0.39 is 5.54 Å². The lowest BCUT2D eigenvalue weighted by molar-refractivity contribution is 0.167.